The van der Waals surface area contributed by atoms with Crippen molar-refractivity contribution in [1.29, 1.82) is 0 Å². The lowest BCUT2D eigenvalue weighted by Crippen LogP contribution is -2.13. The molecule has 3 aromatic carbocycles. The standard InChI is InChI=1S/C26H22N4O3S/c27-23-8-4-5-9-24(23)29-26(31)17-11-19-10-16-25(28-18-19)30-34(32,33)22-14-12-21(13-15-22)20-6-2-1-3-7-20/h1-18H,27H2,(H,28,30)(H,29,31)/b17-11+. The average Bonchev–Trinajstić information content (AvgIpc) is 2.85. The summed E-state index contributed by atoms with van der Waals surface area (Å²) in [7, 11) is -3.80. The van der Waals surface area contributed by atoms with Crippen LogP contribution in [0, 0.1) is 0 Å². The molecule has 0 aliphatic rings. The Hall–Kier alpha value is -4.43. The fraction of sp³-hybridized carbons (Fsp3) is 0. The van der Waals surface area contributed by atoms with Crippen molar-refractivity contribution < 1.29 is 13.2 Å². The number of aromatic nitrogens is 1. The fourth-order valence-electron chi connectivity index (χ4n) is 3.18. The van der Waals surface area contributed by atoms with Crippen LogP contribution in [-0.2, 0) is 14.8 Å². The van der Waals surface area contributed by atoms with E-state index in [0.29, 0.717) is 16.9 Å². The first-order valence-electron chi connectivity index (χ1n) is 10.4. The Labute approximate surface area is 198 Å². The number of hydrogen-bond donors (Lipinski definition) is 3. The van der Waals surface area contributed by atoms with Crippen LogP contribution in [0.25, 0.3) is 17.2 Å². The van der Waals surface area contributed by atoms with Crippen molar-refractivity contribution in [2.45, 2.75) is 4.90 Å². The van der Waals surface area contributed by atoms with E-state index < -0.39 is 10.0 Å². The molecule has 0 aliphatic heterocycles. The van der Waals surface area contributed by atoms with Gasteiger partial charge in [-0.1, -0.05) is 54.6 Å². The summed E-state index contributed by atoms with van der Waals surface area (Å²) in [5, 5.41) is 2.69. The Balaban J connectivity index is 1.39. The minimum absolute atomic E-state index is 0.134. The molecule has 170 valence electrons. The normalized spacial score (nSPS) is 11.3. The minimum Gasteiger partial charge on any atom is -0.397 e. The Morgan fingerprint density at radius 2 is 1.50 bits per heavy atom. The highest BCUT2D eigenvalue weighted by atomic mass is 32.2. The van der Waals surface area contributed by atoms with E-state index >= 15 is 0 Å². The van der Waals surface area contributed by atoms with E-state index in [-0.39, 0.29) is 16.6 Å². The van der Waals surface area contributed by atoms with Crippen LogP contribution in [0.3, 0.4) is 0 Å². The number of anilines is 3. The second-order valence-corrected chi connectivity index (χ2v) is 9.06. The minimum atomic E-state index is -3.80. The second kappa shape index (κ2) is 10.0. The van der Waals surface area contributed by atoms with Gasteiger partial charge in [-0.05, 0) is 59.2 Å². The van der Waals surface area contributed by atoms with Crippen LogP contribution in [0.4, 0.5) is 17.2 Å². The number of rotatable bonds is 7. The number of sulfonamides is 1. The maximum Gasteiger partial charge on any atom is 0.263 e. The van der Waals surface area contributed by atoms with Crippen molar-refractivity contribution in [1.82, 2.24) is 4.98 Å². The quantitative estimate of drug-likeness (QED) is 0.266. The smallest absolute Gasteiger partial charge is 0.263 e. The molecule has 8 heteroatoms. The van der Waals surface area contributed by atoms with Gasteiger partial charge in [0, 0.05) is 12.3 Å². The van der Waals surface area contributed by atoms with E-state index in [1.54, 1.807) is 60.7 Å². The van der Waals surface area contributed by atoms with Crippen molar-refractivity contribution in [3.63, 3.8) is 0 Å². The monoisotopic (exact) mass is 470 g/mol. The van der Waals surface area contributed by atoms with E-state index in [2.05, 4.69) is 15.0 Å². The summed E-state index contributed by atoms with van der Waals surface area (Å²) in [5.41, 5.74) is 9.37. The van der Waals surface area contributed by atoms with Crippen LogP contribution in [0.15, 0.2) is 108 Å². The van der Waals surface area contributed by atoms with Crippen LogP contribution in [0.2, 0.25) is 0 Å². The Bertz CT molecular complexity index is 1420. The first-order chi connectivity index (χ1) is 16.4. The van der Waals surface area contributed by atoms with Gasteiger partial charge in [-0.2, -0.15) is 0 Å². The molecule has 34 heavy (non-hydrogen) atoms. The van der Waals surface area contributed by atoms with Crippen LogP contribution in [0.1, 0.15) is 5.56 Å². The molecule has 7 nitrogen and oxygen atoms in total. The summed E-state index contributed by atoms with van der Waals surface area (Å²) in [6, 6.07) is 26.5. The molecule has 0 fully saturated rings. The van der Waals surface area contributed by atoms with E-state index in [1.807, 2.05) is 30.3 Å². The van der Waals surface area contributed by atoms with E-state index in [4.69, 9.17) is 5.73 Å². The predicted octanol–water partition coefficient (Wildman–Crippen LogP) is 4.78. The Kier molecular flexibility index (Phi) is 6.70. The number of amides is 1. The molecule has 1 aromatic heterocycles. The molecular formula is C26H22N4O3S. The lowest BCUT2D eigenvalue weighted by molar-refractivity contribution is -0.111. The molecule has 0 saturated carbocycles. The van der Waals surface area contributed by atoms with Gasteiger partial charge in [-0.15, -0.1) is 0 Å². The van der Waals surface area contributed by atoms with Crippen molar-refractivity contribution in [3.05, 3.63) is 109 Å². The SMILES string of the molecule is Nc1ccccc1NC(=O)/C=C/c1ccc(NS(=O)(=O)c2ccc(-c3ccccc3)cc2)nc1. The van der Waals surface area contributed by atoms with Crippen molar-refractivity contribution in [2.24, 2.45) is 0 Å². The highest BCUT2D eigenvalue weighted by Crippen LogP contribution is 2.22. The number of carbonyl (C=O) groups excluding carboxylic acids is 1. The lowest BCUT2D eigenvalue weighted by atomic mass is 10.1. The van der Waals surface area contributed by atoms with Gasteiger partial charge in [-0.3, -0.25) is 9.52 Å². The molecule has 0 bridgehead atoms. The zero-order valence-electron chi connectivity index (χ0n) is 18.0. The summed E-state index contributed by atoms with van der Waals surface area (Å²) in [5.74, 6) is -0.174. The molecule has 0 atom stereocenters. The molecule has 4 N–H and O–H groups in total. The number of nitrogens with zero attached hydrogens (tertiary/aromatic N) is 1. The van der Waals surface area contributed by atoms with Gasteiger partial charge in [0.15, 0.2) is 0 Å². The number of nitrogens with two attached hydrogens (primary N) is 1. The Morgan fingerprint density at radius 3 is 2.18 bits per heavy atom. The van der Waals surface area contributed by atoms with Crippen molar-refractivity contribution in [3.8, 4) is 11.1 Å². The van der Waals surface area contributed by atoms with E-state index in [0.717, 1.165) is 11.1 Å². The third-order valence-electron chi connectivity index (χ3n) is 4.94. The van der Waals surface area contributed by atoms with Crippen LogP contribution in [0.5, 0.6) is 0 Å². The summed E-state index contributed by atoms with van der Waals surface area (Å²) < 4.78 is 27.9. The van der Waals surface area contributed by atoms with Gasteiger partial charge < -0.3 is 11.1 Å². The highest BCUT2D eigenvalue weighted by molar-refractivity contribution is 7.92. The molecule has 0 unspecified atom stereocenters. The van der Waals surface area contributed by atoms with Gasteiger partial charge in [0.2, 0.25) is 5.91 Å². The molecular weight excluding hydrogens is 448 g/mol. The summed E-state index contributed by atoms with van der Waals surface area (Å²) in [4.78, 5) is 16.4. The van der Waals surface area contributed by atoms with Crippen LogP contribution in [-0.4, -0.2) is 19.3 Å². The van der Waals surface area contributed by atoms with Crippen LogP contribution >= 0.6 is 0 Å². The molecule has 1 amide bonds. The number of pyridine rings is 1. The van der Waals surface area contributed by atoms with Gasteiger partial charge in [-0.25, -0.2) is 13.4 Å². The molecule has 1 heterocycles. The van der Waals surface area contributed by atoms with Gasteiger partial charge in [0.1, 0.15) is 5.82 Å². The zero-order chi connectivity index (χ0) is 24.0. The molecule has 4 rings (SSSR count). The number of benzene rings is 3. The maximum absolute atomic E-state index is 12.7. The largest absolute Gasteiger partial charge is 0.397 e. The first-order valence-corrected chi connectivity index (χ1v) is 11.9. The molecule has 0 saturated heterocycles. The zero-order valence-corrected chi connectivity index (χ0v) is 18.9. The van der Waals surface area contributed by atoms with Gasteiger partial charge >= 0.3 is 0 Å². The van der Waals surface area contributed by atoms with Crippen molar-refractivity contribution in [2.75, 3.05) is 15.8 Å². The average molecular weight is 471 g/mol. The van der Waals surface area contributed by atoms with E-state index in [9.17, 15) is 13.2 Å². The first kappa shape index (κ1) is 22.8. The topological polar surface area (TPSA) is 114 Å². The lowest BCUT2D eigenvalue weighted by Gasteiger charge is -2.09. The summed E-state index contributed by atoms with van der Waals surface area (Å²) >= 11 is 0. The molecule has 4 aromatic rings. The molecule has 0 radical (unpaired) electrons. The number of hydrogen-bond acceptors (Lipinski definition) is 5. The number of para-hydroxylation sites is 2. The van der Waals surface area contributed by atoms with Crippen LogP contribution < -0.4 is 15.8 Å². The van der Waals surface area contributed by atoms with E-state index in [1.165, 1.54) is 18.3 Å². The number of nitrogen functional groups attached to an aromatic ring is 1. The molecule has 0 spiro atoms. The summed E-state index contributed by atoms with van der Waals surface area (Å²) in [6.45, 7) is 0. The second-order valence-electron chi connectivity index (χ2n) is 7.38. The van der Waals surface area contributed by atoms with Gasteiger partial charge in [0.25, 0.3) is 10.0 Å². The molecule has 0 aliphatic carbocycles. The fourth-order valence-corrected chi connectivity index (χ4v) is 4.18. The third-order valence-corrected chi connectivity index (χ3v) is 6.31. The summed E-state index contributed by atoms with van der Waals surface area (Å²) in [6.07, 6.45) is 4.39. The third kappa shape index (κ3) is 5.67. The number of carbonyl (C=O) groups is 1. The van der Waals surface area contributed by atoms with Gasteiger partial charge in [0.05, 0.1) is 16.3 Å². The Morgan fingerprint density at radius 1 is 0.824 bits per heavy atom. The maximum atomic E-state index is 12.7. The highest BCUT2D eigenvalue weighted by Gasteiger charge is 2.15. The number of nitrogens with one attached hydrogen (secondary N) is 2. The predicted molar refractivity (Wildman–Crippen MR) is 135 cm³/mol. The van der Waals surface area contributed by atoms with Crippen molar-refractivity contribution >= 4 is 39.2 Å².